The molecular formula is C9H8NNaO2. The van der Waals surface area contributed by atoms with Gasteiger partial charge >= 0.3 is 29.6 Å². The maximum Gasteiger partial charge on any atom is 1.00 e. The Hall–Kier alpha value is -0.640. The smallest absolute Gasteiger partial charge is 0.592 e. The number of carbonyl (C=O) groups is 2. The average molecular weight is 185 g/mol. The van der Waals surface area contributed by atoms with Crippen LogP contribution in [0, 0.1) is 0 Å². The molecule has 0 aromatic heterocycles. The second-order valence-electron chi connectivity index (χ2n) is 2.30. The van der Waals surface area contributed by atoms with Gasteiger partial charge in [0.05, 0.1) is 11.8 Å². The first kappa shape index (κ1) is 12.4. The van der Waals surface area contributed by atoms with E-state index in [-0.39, 0.29) is 29.6 Å². The minimum atomic E-state index is -0.483. The van der Waals surface area contributed by atoms with Gasteiger partial charge in [-0.25, -0.2) is 0 Å². The van der Waals surface area contributed by atoms with Crippen molar-refractivity contribution in [1.29, 1.82) is 0 Å². The molecule has 0 unspecified atom stereocenters. The first-order valence-electron chi connectivity index (χ1n) is 3.52. The molecule has 0 heterocycles. The third kappa shape index (κ3) is 4.22. The number of benzene rings is 1. The Bertz CT molecular complexity index is 298. The third-order valence-corrected chi connectivity index (χ3v) is 1.28. The molecule has 13 heavy (non-hydrogen) atoms. The van der Waals surface area contributed by atoms with Crippen LogP contribution in [-0.2, 0) is 4.79 Å². The molecule has 0 N–H and O–H groups in total. The van der Waals surface area contributed by atoms with E-state index in [1.54, 1.807) is 30.3 Å². The van der Waals surface area contributed by atoms with Crippen molar-refractivity contribution < 1.29 is 39.1 Å². The van der Waals surface area contributed by atoms with Crippen molar-refractivity contribution in [2.45, 2.75) is 6.92 Å². The van der Waals surface area contributed by atoms with Gasteiger partial charge in [-0.15, -0.1) is 0 Å². The summed E-state index contributed by atoms with van der Waals surface area (Å²) in [6, 6.07) is 8.49. The zero-order valence-electron chi connectivity index (χ0n) is 7.65. The van der Waals surface area contributed by atoms with Crippen molar-refractivity contribution in [3.05, 3.63) is 41.2 Å². The van der Waals surface area contributed by atoms with E-state index in [0.29, 0.717) is 5.56 Å². The van der Waals surface area contributed by atoms with Crippen LogP contribution in [-0.4, -0.2) is 11.8 Å². The van der Waals surface area contributed by atoms with E-state index in [9.17, 15) is 9.59 Å². The number of amides is 2. The van der Waals surface area contributed by atoms with Gasteiger partial charge in [0.25, 0.3) is 0 Å². The van der Waals surface area contributed by atoms with Crippen LogP contribution in [0.25, 0.3) is 5.32 Å². The van der Waals surface area contributed by atoms with Crippen LogP contribution >= 0.6 is 0 Å². The summed E-state index contributed by atoms with van der Waals surface area (Å²) in [7, 11) is 0. The first-order valence-corrected chi connectivity index (χ1v) is 3.52. The quantitative estimate of drug-likeness (QED) is 0.513. The summed E-state index contributed by atoms with van der Waals surface area (Å²) in [4.78, 5) is 21.5. The van der Waals surface area contributed by atoms with Gasteiger partial charge in [0.1, 0.15) is 0 Å². The summed E-state index contributed by atoms with van der Waals surface area (Å²) in [5.74, 6) is -0.952. The summed E-state index contributed by atoms with van der Waals surface area (Å²) in [5, 5.41) is 3.27. The van der Waals surface area contributed by atoms with Crippen molar-refractivity contribution in [2.75, 3.05) is 0 Å². The standard InChI is InChI=1S/C9H9NO2.Na/c1-7(11)10-9(12)8-5-3-2-4-6-8;/h2-6H,1H3,(H,10,11,12);/q;+1/p-1. The topological polar surface area (TPSA) is 48.2 Å². The van der Waals surface area contributed by atoms with Crippen LogP contribution in [0.1, 0.15) is 17.3 Å². The number of nitrogens with zero attached hydrogens (tertiary/aromatic N) is 1. The molecule has 4 heteroatoms. The van der Waals surface area contributed by atoms with Gasteiger partial charge in [-0.1, -0.05) is 30.3 Å². The van der Waals surface area contributed by atoms with E-state index < -0.39 is 11.8 Å². The van der Waals surface area contributed by atoms with E-state index in [0.717, 1.165) is 0 Å². The Labute approximate surface area is 98.8 Å². The molecule has 3 nitrogen and oxygen atoms in total. The Morgan fingerprint density at radius 1 is 1.15 bits per heavy atom. The molecule has 0 atom stereocenters. The summed E-state index contributed by atoms with van der Waals surface area (Å²) in [6.07, 6.45) is 0. The van der Waals surface area contributed by atoms with Gasteiger partial charge in [-0.3, -0.25) is 0 Å². The molecule has 0 aliphatic rings. The molecule has 0 spiro atoms. The SMILES string of the molecule is CC(=O)[N-]C(=O)c1ccccc1.[Na+]. The maximum atomic E-state index is 11.1. The average Bonchev–Trinajstić information content (AvgIpc) is 2.05. The van der Waals surface area contributed by atoms with Crippen LogP contribution in [0.15, 0.2) is 30.3 Å². The first-order chi connectivity index (χ1) is 5.70. The number of carbonyl (C=O) groups excluding carboxylic acids is 2. The van der Waals surface area contributed by atoms with Crippen molar-refractivity contribution in [2.24, 2.45) is 0 Å². The summed E-state index contributed by atoms with van der Waals surface area (Å²) < 4.78 is 0. The molecule has 0 bridgehead atoms. The fourth-order valence-corrected chi connectivity index (χ4v) is 0.788. The van der Waals surface area contributed by atoms with Gasteiger partial charge in [0.15, 0.2) is 0 Å². The maximum absolute atomic E-state index is 11.1. The monoisotopic (exact) mass is 185 g/mol. The Morgan fingerprint density at radius 3 is 2.15 bits per heavy atom. The van der Waals surface area contributed by atoms with Gasteiger partial charge in [0, 0.05) is 0 Å². The largest absolute Gasteiger partial charge is 1.00 e. The molecular weight excluding hydrogens is 177 g/mol. The molecule has 1 rings (SSSR count). The molecule has 1 aromatic carbocycles. The van der Waals surface area contributed by atoms with Crippen LogP contribution in [0.4, 0.5) is 0 Å². The van der Waals surface area contributed by atoms with Crippen molar-refractivity contribution in [1.82, 2.24) is 0 Å². The van der Waals surface area contributed by atoms with E-state index in [2.05, 4.69) is 5.32 Å². The predicted molar refractivity (Wildman–Crippen MR) is 44.8 cm³/mol. The molecule has 0 saturated heterocycles. The van der Waals surface area contributed by atoms with E-state index in [1.165, 1.54) is 6.92 Å². The van der Waals surface area contributed by atoms with Crippen LogP contribution in [0.3, 0.4) is 0 Å². The summed E-state index contributed by atoms with van der Waals surface area (Å²) in [6.45, 7) is 1.25. The molecule has 2 amide bonds. The van der Waals surface area contributed by atoms with Gasteiger partial charge < -0.3 is 14.9 Å². The normalized spacial score (nSPS) is 8.38. The second kappa shape index (κ2) is 5.91. The molecule has 62 valence electrons. The van der Waals surface area contributed by atoms with Gasteiger partial charge in [0.2, 0.25) is 0 Å². The molecule has 0 saturated carbocycles. The molecule has 0 aliphatic heterocycles. The van der Waals surface area contributed by atoms with Gasteiger partial charge in [-0.2, -0.15) is 0 Å². The predicted octanol–water partition coefficient (Wildman–Crippen LogP) is -1.25. The second-order valence-corrected chi connectivity index (χ2v) is 2.30. The summed E-state index contributed by atoms with van der Waals surface area (Å²) >= 11 is 0. The Balaban J connectivity index is 0.00000144. The zero-order valence-corrected chi connectivity index (χ0v) is 9.65. The number of hydrogen-bond acceptors (Lipinski definition) is 2. The molecule has 0 radical (unpaired) electrons. The molecule has 0 aliphatic carbocycles. The number of imide groups is 1. The number of hydrogen-bond donors (Lipinski definition) is 0. The Kier molecular flexibility index (Phi) is 5.62. The van der Waals surface area contributed by atoms with E-state index in [4.69, 9.17) is 0 Å². The van der Waals surface area contributed by atoms with Crippen molar-refractivity contribution in [3.8, 4) is 0 Å². The third-order valence-electron chi connectivity index (χ3n) is 1.28. The van der Waals surface area contributed by atoms with Crippen LogP contribution in [0.5, 0.6) is 0 Å². The molecule has 1 aromatic rings. The van der Waals surface area contributed by atoms with E-state index in [1.807, 2.05) is 0 Å². The minimum absolute atomic E-state index is 0. The fraction of sp³-hybridized carbons (Fsp3) is 0.111. The van der Waals surface area contributed by atoms with E-state index >= 15 is 0 Å². The van der Waals surface area contributed by atoms with Crippen molar-refractivity contribution in [3.63, 3.8) is 0 Å². The van der Waals surface area contributed by atoms with Crippen molar-refractivity contribution >= 4 is 11.8 Å². The minimum Gasteiger partial charge on any atom is -0.592 e. The molecule has 0 fully saturated rings. The zero-order chi connectivity index (χ0) is 8.97. The van der Waals surface area contributed by atoms with Crippen LogP contribution in [0.2, 0.25) is 0 Å². The number of rotatable bonds is 1. The van der Waals surface area contributed by atoms with Crippen LogP contribution < -0.4 is 29.6 Å². The summed E-state index contributed by atoms with van der Waals surface area (Å²) in [5.41, 5.74) is 0.438. The fourth-order valence-electron chi connectivity index (χ4n) is 0.788. The van der Waals surface area contributed by atoms with Gasteiger partial charge in [-0.05, 0) is 12.5 Å². The Morgan fingerprint density at radius 2 is 1.69 bits per heavy atom.